The minimum absolute atomic E-state index is 0.124. The summed E-state index contributed by atoms with van der Waals surface area (Å²) in [6.07, 6.45) is -2.38. The van der Waals surface area contributed by atoms with Gasteiger partial charge in [0.2, 0.25) is 0 Å². The van der Waals surface area contributed by atoms with Crippen LogP contribution < -0.4 is 4.90 Å². The van der Waals surface area contributed by atoms with Gasteiger partial charge >= 0.3 is 6.18 Å². The predicted octanol–water partition coefficient (Wildman–Crippen LogP) is 2.75. The second-order valence-electron chi connectivity index (χ2n) is 7.92. The molecule has 0 saturated carbocycles. The van der Waals surface area contributed by atoms with Crippen LogP contribution in [0.25, 0.3) is 0 Å². The third kappa shape index (κ3) is 3.98. The lowest BCUT2D eigenvalue weighted by molar-refractivity contribution is -0.137. The van der Waals surface area contributed by atoms with E-state index in [0.717, 1.165) is 24.7 Å². The number of carbonyl (C=O) groups is 1. The molecule has 0 unspecified atom stereocenters. The summed E-state index contributed by atoms with van der Waals surface area (Å²) in [6.45, 7) is 5.66. The van der Waals surface area contributed by atoms with Gasteiger partial charge in [-0.3, -0.25) is 4.79 Å². The van der Waals surface area contributed by atoms with E-state index >= 15 is 0 Å². The van der Waals surface area contributed by atoms with Gasteiger partial charge in [-0.1, -0.05) is 6.07 Å². The number of halogens is 3. The number of hydrogen-bond donors (Lipinski definition) is 0. The van der Waals surface area contributed by atoms with Crippen molar-refractivity contribution in [2.75, 3.05) is 44.7 Å². The SMILES string of the molecule is Cc1c(C(=O)N2CCN(C)CC2)ncnc1N1CCc2ccc(C(F)(F)F)cc2C1. The fourth-order valence-electron chi connectivity index (χ4n) is 4.05. The van der Waals surface area contributed by atoms with Crippen molar-refractivity contribution in [1.29, 1.82) is 0 Å². The van der Waals surface area contributed by atoms with Crippen LogP contribution in [0.15, 0.2) is 24.5 Å². The number of hydrogen-bond acceptors (Lipinski definition) is 5. The van der Waals surface area contributed by atoms with E-state index in [4.69, 9.17) is 0 Å². The Kier molecular flexibility index (Phi) is 5.40. The Morgan fingerprint density at radius 2 is 1.77 bits per heavy atom. The average molecular weight is 419 g/mol. The van der Waals surface area contributed by atoms with Crippen molar-refractivity contribution in [2.45, 2.75) is 26.1 Å². The van der Waals surface area contributed by atoms with Crippen molar-refractivity contribution in [1.82, 2.24) is 19.8 Å². The Morgan fingerprint density at radius 1 is 1.03 bits per heavy atom. The fourth-order valence-corrected chi connectivity index (χ4v) is 4.05. The lowest BCUT2D eigenvalue weighted by atomic mass is 9.97. The molecule has 3 heterocycles. The van der Waals surface area contributed by atoms with Gasteiger partial charge < -0.3 is 14.7 Å². The van der Waals surface area contributed by atoms with Crippen molar-refractivity contribution in [2.24, 2.45) is 0 Å². The standard InChI is InChI=1S/C21H24F3N5O/c1-14-18(20(30)28-9-7-27(2)8-10-28)25-13-26-19(14)29-6-5-15-3-4-17(21(22,23)24)11-16(15)12-29/h3-4,11,13H,5-10,12H2,1-2H3. The van der Waals surface area contributed by atoms with Crippen molar-refractivity contribution in [3.63, 3.8) is 0 Å². The normalized spacial score (nSPS) is 17.8. The number of likely N-dealkylation sites (N-methyl/N-ethyl adjacent to an activating group) is 1. The molecule has 0 radical (unpaired) electrons. The maximum absolute atomic E-state index is 13.1. The summed E-state index contributed by atoms with van der Waals surface area (Å²) in [7, 11) is 2.02. The lowest BCUT2D eigenvalue weighted by Crippen LogP contribution is -2.47. The first-order chi connectivity index (χ1) is 14.2. The molecule has 160 valence electrons. The number of benzene rings is 1. The van der Waals surface area contributed by atoms with Gasteiger partial charge in [0, 0.05) is 44.8 Å². The van der Waals surface area contributed by atoms with E-state index < -0.39 is 11.7 Å². The first-order valence-electron chi connectivity index (χ1n) is 9.97. The van der Waals surface area contributed by atoms with Gasteiger partial charge in [0.1, 0.15) is 17.8 Å². The quantitative estimate of drug-likeness (QED) is 0.749. The average Bonchev–Trinajstić information content (AvgIpc) is 2.72. The smallest absolute Gasteiger partial charge is 0.352 e. The second-order valence-corrected chi connectivity index (χ2v) is 7.92. The summed E-state index contributed by atoms with van der Waals surface area (Å²) in [5.41, 5.74) is 1.94. The lowest BCUT2D eigenvalue weighted by Gasteiger charge is -2.33. The summed E-state index contributed by atoms with van der Waals surface area (Å²) >= 11 is 0. The highest BCUT2D eigenvalue weighted by Gasteiger charge is 2.32. The van der Waals surface area contributed by atoms with Crippen LogP contribution in [-0.4, -0.2) is 65.4 Å². The van der Waals surface area contributed by atoms with Crippen LogP contribution in [0.1, 0.15) is 32.7 Å². The Bertz CT molecular complexity index is 954. The first kappa shape index (κ1) is 20.6. The number of aromatic nitrogens is 2. The molecule has 1 amide bonds. The number of anilines is 1. The van der Waals surface area contributed by atoms with E-state index in [1.54, 1.807) is 17.9 Å². The Hall–Kier alpha value is -2.68. The monoisotopic (exact) mass is 419 g/mol. The summed E-state index contributed by atoms with van der Waals surface area (Å²) in [6, 6.07) is 3.91. The molecule has 0 atom stereocenters. The number of carbonyl (C=O) groups excluding carboxylic acids is 1. The van der Waals surface area contributed by atoms with Crippen molar-refractivity contribution in [3.8, 4) is 0 Å². The van der Waals surface area contributed by atoms with E-state index in [2.05, 4.69) is 14.9 Å². The van der Waals surface area contributed by atoms with Crippen molar-refractivity contribution >= 4 is 11.7 Å². The minimum Gasteiger partial charge on any atom is -0.352 e. The molecule has 30 heavy (non-hydrogen) atoms. The number of alkyl halides is 3. The first-order valence-corrected chi connectivity index (χ1v) is 9.97. The van der Waals surface area contributed by atoms with Gasteiger partial charge in [0.25, 0.3) is 5.91 Å². The van der Waals surface area contributed by atoms with Gasteiger partial charge in [-0.15, -0.1) is 0 Å². The summed E-state index contributed by atoms with van der Waals surface area (Å²) in [4.78, 5) is 27.5. The van der Waals surface area contributed by atoms with Gasteiger partial charge in [-0.2, -0.15) is 13.2 Å². The van der Waals surface area contributed by atoms with Crippen LogP contribution in [0.2, 0.25) is 0 Å². The molecule has 1 aromatic heterocycles. The molecule has 6 nitrogen and oxygen atoms in total. The fraction of sp³-hybridized carbons (Fsp3) is 0.476. The molecule has 4 rings (SSSR count). The molecule has 9 heteroatoms. The van der Waals surface area contributed by atoms with Gasteiger partial charge in [-0.25, -0.2) is 9.97 Å². The van der Waals surface area contributed by atoms with Crippen LogP contribution in [0.5, 0.6) is 0 Å². The zero-order valence-corrected chi connectivity index (χ0v) is 17.0. The topological polar surface area (TPSA) is 52.6 Å². The van der Waals surface area contributed by atoms with Gasteiger partial charge in [-0.05, 0) is 43.7 Å². The van der Waals surface area contributed by atoms with Crippen LogP contribution in [0.4, 0.5) is 19.0 Å². The van der Waals surface area contributed by atoms with E-state index in [1.165, 1.54) is 12.4 Å². The Balaban J connectivity index is 1.58. The molecular weight excluding hydrogens is 395 g/mol. The van der Waals surface area contributed by atoms with Crippen LogP contribution in [-0.2, 0) is 19.1 Å². The van der Waals surface area contributed by atoms with E-state index in [9.17, 15) is 18.0 Å². The second kappa shape index (κ2) is 7.86. The zero-order valence-electron chi connectivity index (χ0n) is 17.0. The molecule has 1 aromatic carbocycles. The van der Waals surface area contributed by atoms with Crippen molar-refractivity contribution in [3.05, 3.63) is 52.5 Å². The molecule has 1 saturated heterocycles. The highest BCUT2D eigenvalue weighted by atomic mass is 19.4. The van der Waals surface area contributed by atoms with Crippen molar-refractivity contribution < 1.29 is 18.0 Å². The Labute approximate surface area is 173 Å². The highest BCUT2D eigenvalue weighted by molar-refractivity contribution is 5.94. The van der Waals surface area contributed by atoms with Crippen LogP contribution in [0, 0.1) is 6.92 Å². The number of rotatable bonds is 2. The number of amides is 1. The number of nitrogens with zero attached hydrogens (tertiary/aromatic N) is 5. The summed E-state index contributed by atoms with van der Waals surface area (Å²) < 4.78 is 39.3. The molecule has 0 N–H and O–H groups in total. The van der Waals surface area contributed by atoms with E-state index in [0.29, 0.717) is 55.2 Å². The molecule has 2 aliphatic heterocycles. The minimum atomic E-state index is -4.37. The van der Waals surface area contributed by atoms with Gasteiger partial charge in [0.05, 0.1) is 5.56 Å². The zero-order chi connectivity index (χ0) is 21.5. The number of fused-ring (bicyclic) bond motifs is 1. The third-order valence-corrected chi connectivity index (χ3v) is 5.90. The van der Waals surface area contributed by atoms with E-state index in [-0.39, 0.29) is 5.91 Å². The number of piperazine rings is 1. The maximum atomic E-state index is 13.1. The van der Waals surface area contributed by atoms with Gasteiger partial charge in [0.15, 0.2) is 0 Å². The Morgan fingerprint density at radius 3 is 2.47 bits per heavy atom. The molecule has 0 aliphatic carbocycles. The summed E-state index contributed by atoms with van der Waals surface area (Å²) in [5.74, 6) is 0.478. The molecule has 2 aromatic rings. The molecule has 0 spiro atoms. The van der Waals surface area contributed by atoms with E-state index in [1.807, 2.05) is 11.9 Å². The molecular formula is C21H24F3N5O. The summed E-state index contributed by atoms with van der Waals surface area (Å²) in [5, 5.41) is 0. The molecule has 0 bridgehead atoms. The molecule has 2 aliphatic rings. The largest absolute Gasteiger partial charge is 0.416 e. The third-order valence-electron chi connectivity index (χ3n) is 5.90. The van der Waals surface area contributed by atoms with Crippen LogP contribution >= 0.6 is 0 Å². The predicted molar refractivity (Wildman–Crippen MR) is 106 cm³/mol. The molecule has 1 fully saturated rings. The maximum Gasteiger partial charge on any atom is 0.416 e. The highest BCUT2D eigenvalue weighted by Crippen LogP contribution is 2.33. The van der Waals surface area contributed by atoms with Crippen LogP contribution in [0.3, 0.4) is 0 Å².